The molecule has 0 aromatic carbocycles. The van der Waals surface area contributed by atoms with E-state index in [1.54, 1.807) is 4.68 Å². The van der Waals surface area contributed by atoms with Crippen molar-refractivity contribution in [2.75, 3.05) is 6.61 Å². The van der Waals surface area contributed by atoms with Crippen LogP contribution >= 0.6 is 0 Å². The van der Waals surface area contributed by atoms with Gasteiger partial charge in [-0.2, -0.15) is 5.10 Å². The van der Waals surface area contributed by atoms with Gasteiger partial charge in [0.1, 0.15) is 6.10 Å². The molecule has 1 unspecified atom stereocenters. The number of aliphatic hydroxyl groups excluding tert-OH is 1. The van der Waals surface area contributed by atoms with Crippen molar-refractivity contribution in [1.82, 2.24) is 14.8 Å². The van der Waals surface area contributed by atoms with Gasteiger partial charge in [0.25, 0.3) is 0 Å². The van der Waals surface area contributed by atoms with Gasteiger partial charge in [0.2, 0.25) is 0 Å². The number of aliphatic hydroxyl groups is 1. The van der Waals surface area contributed by atoms with Gasteiger partial charge in [-0.3, -0.25) is 0 Å². The molecule has 5 heteroatoms. The molecule has 1 heterocycles. The van der Waals surface area contributed by atoms with Crippen LogP contribution in [-0.4, -0.2) is 32.6 Å². The molecule has 1 saturated carbocycles. The molecule has 0 spiro atoms. The molecule has 0 bridgehead atoms. The van der Waals surface area contributed by atoms with Gasteiger partial charge in [-0.15, -0.1) is 0 Å². The maximum Gasteiger partial charge on any atom is 0.156 e. The summed E-state index contributed by atoms with van der Waals surface area (Å²) in [5, 5.41) is 13.7. The van der Waals surface area contributed by atoms with Gasteiger partial charge in [0.15, 0.2) is 11.6 Å². The van der Waals surface area contributed by atoms with E-state index in [0.29, 0.717) is 12.5 Å². The fraction of sp³-hybridized carbons (Fsp3) is 0.857. The molecule has 1 aromatic heterocycles. The summed E-state index contributed by atoms with van der Waals surface area (Å²) in [5.41, 5.74) is 0. The lowest BCUT2D eigenvalue weighted by Crippen LogP contribution is -2.15. The van der Waals surface area contributed by atoms with Crippen LogP contribution in [0.15, 0.2) is 0 Å². The van der Waals surface area contributed by atoms with Gasteiger partial charge in [-0.05, 0) is 33.6 Å². The summed E-state index contributed by atoms with van der Waals surface area (Å²) in [6.45, 7) is 6.59. The van der Waals surface area contributed by atoms with Crippen LogP contribution in [0.25, 0.3) is 0 Å². The highest BCUT2D eigenvalue weighted by molar-refractivity contribution is 5.03. The zero-order valence-corrected chi connectivity index (χ0v) is 12.2. The number of rotatable bonds is 6. The van der Waals surface area contributed by atoms with E-state index in [1.807, 2.05) is 20.8 Å². The molecule has 0 saturated heterocycles. The first-order chi connectivity index (χ1) is 9.11. The van der Waals surface area contributed by atoms with Crippen LogP contribution in [0.3, 0.4) is 0 Å². The third kappa shape index (κ3) is 3.54. The third-order valence-corrected chi connectivity index (χ3v) is 3.59. The molecule has 1 aliphatic carbocycles. The van der Waals surface area contributed by atoms with Crippen molar-refractivity contribution in [2.45, 2.75) is 71.1 Å². The predicted octanol–water partition coefficient (Wildman–Crippen LogP) is 2.41. The zero-order chi connectivity index (χ0) is 13.8. The van der Waals surface area contributed by atoms with E-state index in [4.69, 9.17) is 9.84 Å². The average Bonchev–Trinajstić information content (AvgIpc) is 2.95. The molecule has 1 N–H and O–H groups in total. The van der Waals surface area contributed by atoms with E-state index in [9.17, 15) is 0 Å². The van der Waals surface area contributed by atoms with Crippen LogP contribution in [0, 0.1) is 0 Å². The van der Waals surface area contributed by atoms with Crippen LogP contribution in [0.4, 0.5) is 0 Å². The Kier molecular flexibility index (Phi) is 4.93. The molecule has 1 atom stereocenters. The van der Waals surface area contributed by atoms with E-state index in [-0.39, 0.29) is 18.8 Å². The van der Waals surface area contributed by atoms with E-state index in [2.05, 4.69) is 10.1 Å². The number of nitrogens with zero attached hydrogens (tertiary/aromatic N) is 3. The van der Waals surface area contributed by atoms with Gasteiger partial charge in [-0.1, -0.05) is 12.8 Å². The quantitative estimate of drug-likeness (QED) is 0.860. The van der Waals surface area contributed by atoms with Crippen molar-refractivity contribution < 1.29 is 9.84 Å². The molecule has 1 aromatic rings. The summed E-state index contributed by atoms with van der Waals surface area (Å²) >= 11 is 0. The molecule has 0 amide bonds. The van der Waals surface area contributed by atoms with Crippen LogP contribution in [0.5, 0.6) is 0 Å². The van der Waals surface area contributed by atoms with Gasteiger partial charge >= 0.3 is 0 Å². The van der Waals surface area contributed by atoms with E-state index >= 15 is 0 Å². The Hall–Kier alpha value is -0.940. The summed E-state index contributed by atoms with van der Waals surface area (Å²) in [7, 11) is 0. The number of hydrogen-bond acceptors (Lipinski definition) is 4. The van der Waals surface area contributed by atoms with Crippen molar-refractivity contribution in [1.29, 1.82) is 0 Å². The van der Waals surface area contributed by atoms with Crippen LogP contribution in [0.1, 0.15) is 70.1 Å². The number of ether oxygens (including phenoxy) is 1. The van der Waals surface area contributed by atoms with E-state index < -0.39 is 0 Å². The Balaban J connectivity index is 2.19. The molecular formula is C14H25N3O2. The topological polar surface area (TPSA) is 60.2 Å². The second-order valence-corrected chi connectivity index (χ2v) is 5.58. The Morgan fingerprint density at radius 3 is 2.58 bits per heavy atom. The van der Waals surface area contributed by atoms with Crippen LogP contribution in [0.2, 0.25) is 0 Å². The highest BCUT2D eigenvalue weighted by atomic mass is 16.5. The molecule has 1 aliphatic rings. The first-order valence-electron chi connectivity index (χ1n) is 7.32. The fourth-order valence-corrected chi connectivity index (χ4v) is 2.76. The molecule has 0 aliphatic heterocycles. The summed E-state index contributed by atoms with van der Waals surface area (Å²) in [5.74, 6) is 2.26. The number of aromatic nitrogens is 3. The first-order valence-corrected chi connectivity index (χ1v) is 7.32. The molecule has 5 nitrogen and oxygen atoms in total. The van der Waals surface area contributed by atoms with Crippen molar-refractivity contribution >= 4 is 0 Å². The lowest BCUT2D eigenvalue weighted by molar-refractivity contribution is 0.00994. The average molecular weight is 267 g/mol. The lowest BCUT2D eigenvalue weighted by atomic mass is 10.1. The molecule has 2 rings (SSSR count). The van der Waals surface area contributed by atoms with Crippen molar-refractivity contribution in [3.05, 3.63) is 11.6 Å². The van der Waals surface area contributed by atoms with Gasteiger partial charge in [-0.25, -0.2) is 9.67 Å². The first kappa shape index (κ1) is 14.5. The second kappa shape index (κ2) is 6.48. The molecule has 19 heavy (non-hydrogen) atoms. The smallest absolute Gasteiger partial charge is 0.156 e. The Bertz CT molecular complexity index is 397. The molecule has 0 radical (unpaired) electrons. The SMILES string of the molecule is CC(C)OC(C)c1nc(C2CCCC2)nn1CCO. The Labute approximate surface area is 115 Å². The van der Waals surface area contributed by atoms with Crippen LogP contribution < -0.4 is 0 Å². The highest BCUT2D eigenvalue weighted by Gasteiger charge is 2.25. The Morgan fingerprint density at radius 1 is 1.32 bits per heavy atom. The fourth-order valence-electron chi connectivity index (χ4n) is 2.76. The monoisotopic (exact) mass is 267 g/mol. The minimum Gasteiger partial charge on any atom is -0.394 e. The van der Waals surface area contributed by atoms with Crippen molar-refractivity contribution in [3.63, 3.8) is 0 Å². The van der Waals surface area contributed by atoms with Gasteiger partial charge in [0.05, 0.1) is 19.3 Å². The zero-order valence-electron chi connectivity index (χ0n) is 12.2. The van der Waals surface area contributed by atoms with E-state index in [0.717, 1.165) is 11.6 Å². The second-order valence-electron chi connectivity index (χ2n) is 5.58. The van der Waals surface area contributed by atoms with Crippen LogP contribution in [-0.2, 0) is 11.3 Å². The minimum absolute atomic E-state index is 0.0782. The summed E-state index contributed by atoms with van der Waals surface area (Å²) in [4.78, 5) is 4.68. The standard InChI is InChI=1S/C14H25N3O2/c1-10(2)19-11(3)14-15-13(12-6-4-5-7-12)16-17(14)8-9-18/h10-12,18H,4-9H2,1-3H3. The Morgan fingerprint density at radius 2 is 2.00 bits per heavy atom. The van der Waals surface area contributed by atoms with Crippen molar-refractivity contribution in [2.24, 2.45) is 0 Å². The van der Waals surface area contributed by atoms with Crippen molar-refractivity contribution in [3.8, 4) is 0 Å². The largest absolute Gasteiger partial charge is 0.394 e. The maximum atomic E-state index is 9.15. The molecule has 1 fully saturated rings. The third-order valence-electron chi connectivity index (χ3n) is 3.59. The molecule has 108 valence electrons. The maximum absolute atomic E-state index is 9.15. The summed E-state index contributed by atoms with van der Waals surface area (Å²) in [6.07, 6.45) is 4.97. The lowest BCUT2D eigenvalue weighted by Gasteiger charge is -2.15. The minimum atomic E-state index is -0.0887. The summed E-state index contributed by atoms with van der Waals surface area (Å²) < 4.78 is 7.60. The summed E-state index contributed by atoms with van der Waals surface area (Å²) in [6, 6.07) is 0. The normalized spacial score (nSPS) is 18.4. The predicted molar refractivity (Wildman–Crippen MR) is 73.0 cm³/mol. The van der Waals surface area contributed by atoms with Gasteiger partial charge < -0.3 is 9.84 Å². The van der Waals surface area contributed by atoms with E-state index in [1.165, 1.54) is 25.7 Å². The molecular weight excluding hydrogens is 242 g/mol. The van der Waals surface area contributed by atoms with Gasteiger partial charge in [0, 0.05) is 5.92 Å². The highest BCUT2D eigenvalue weighted by Crippen LogP contribution is 2.33. The number of hydrogen-bond donors (Lipinski definition) is 1.